The molecule has 0 spiro atoms. The monoisotopic (exact) mass is 295 g/mol. The Morgan fingerprint density at radius 3 is 2.55 bits per heavy atom. The van der Waals surface area contributed by atoms with E-state index in [1.807, 2.05) is 37.2 Å². The summed E-state index contributed by atoms with van der Waals surface area (Å²) in [6.07, 6.45) is 0. The molecule has 1 heterocycles. The summed E-state index contributed by atoms with van der Waals surface area (Å²) in [7, 11) is 2.16. The number of aryl methyl sites for hydroxylation is 1. The summed E-state index contributed by atoms with van der Waals surface area (Å²) in [6.45, 7) is 2.93. The smallest absolute Gasteiger partial charge is 0.215 e. The number of hydrogen-bond donors (Lipinski definition) is 1. The van der Waals surface area contributed by atoms with Crippen molar-refractivity contribution in [3.8, 4) is 0 Å². The fourth-order valence-electron chi connectivity index (χ4n) is 2.44. The SMILES string of the molecule is CCn1c(N(C)C)cc2c(CS(=O)(=O)NC)cccc21. The van der Waals surface area contributed by atoms with Crippen molar-refractivity contribution in [2.75, 3.05) is 26.0 Å². The van der Waals surface area contributed by atoms with Crippen molar-refractivity contribution in [3.63, 3.8) is 0 Å². The fraction of sp³-hybridized carbons (Fsp3) is 0.429. The van der Waals surface area contributed by atoms with Gasteiger partial charge in [0.25, 0.3) is 0 Å². The molecule has 6 heteroatoms. The molecule has 0 aliphatic rings. The average Bonchev–Trinajstić information content (AvgIpc) is 2.78. The second-order valence-electron chi connectivity index (χ2n) is 4.95. The van der Waals surface area contributed by atoms with Crippen molar-refractivity contribution in [2.45, 2.75) is 19.2 Å². The quantitative estimate of drug-likeness (QED) is 0.915. The number of benzene rings is 1. The van der Waals surface area contributed by atoms with Gasteiger partial charge in [-0.2, -0.15) is 0 Å². The molecular weight excluding hydrogens is 274 g/mol. The summed E-state index contributed by atoms with van der Waals surface area (Å²) in [5.41, 5.74) is 1.90. The zero-order chi connectivity index (χ0) is 14.9. The Hall–Kier alpha value is -1.53. The van der Waals surface area contributed by atoms with E-state index < -0.39 is 10.0 Å². The van der Waals surface area contributed by atoms with Crippen LogP contribution in [0.2, 0.25) is 0 Å². The minimum atomic E-state index is -3.27. The molecule has 1 aromatic carbocycles. The summed E-state index contributed by atoms with van der Waals surface area (Å²) >= 11 is 0. The first-order valence-electron chi connectivity index (χ1n) is 6.59. The van der Waals surface area contributed by atoms with Crippen molar-refractivity contribution in [1.29, 1.82) is 0 Å². The zero-order valence-electron chi connectivity index (χ0n) is 12.3. The Morgan fingerprint density at radius 2 is 2.00 bits per heavy atom. The Kier molecular flexibility index (Phi) is 4.06. The third kappa shape index (κ3) is 2.66. The minimum Gasteiger partial charge on any atom is -0.364 e. The molecule has 2 aromatic rings. The summed E-state index contributed by atoms with van der Waals surface area (Å²) in [5.74, 6) is 1.08. The van der Waals surface area contributed by atoms with Crippen LogP contribution in [0.1, 0.15) is 12.5 Å². The van der Waals surface area contributed by atoms with E-state index in [9.17, 15) is 8.42 Å². The lowest BCUT2D eigenvalue weighted by Gasteiger charge is -2.15. The first kappa shape index (κ1) is 14.9. The van der Waals surface area contributed by atoms with Gasteiger partial charge in [0.2, 0.25) is 10.0 Å². The maximum atomic E-state index is 11.8. The number of fused-ring (bicyclic) bond motifs is 1. The van der Waals surface area contributed by atoms with E-state index in [0.717, 1.165) is 28.8 Å². The highest BCUT2D eigenvalue weighted by Crippen LogP contribution is 2.29. The largest absolute Gasteiger partial charge is 0.364 e. The highest BCUT2D eigenvalue weighted by Gasteiger charge is 2.15. The van der Waals surface area contributed by atoms with E-state index in [2.05, 4.69) is 22.3 Å². The van der Waals surface area contributed by atoms with Crippen molar-refractivity contribution in [2.24, 2.45) is 0 Å². The molecule has 0 amide bonds. The predicted molar refractivity (Wildman–Crippen MR) is 83.6 cm³/mol. The van der Waals surface area contributed by atoms with Gasteiger partial charge in [0.1, 0.15) is 5.82 Å². The normalized spacial score (nSPS) is 12.0. The van der Waals surface area contributed by atoms with E-state index in [4.69, 9.17) is 0 Å². The first-order valence-corrected chi connectivity index (χ1v) is 8.24. The molecule has 0 fully saturated rings. The number of anilines is 1. The maximum absolute atomic E-state index is 11.8. The van der Waals surface area contributed by atoms with Crippen LogP contribution in [0.5, 0.6) is 0 Å². The van der Waals surface area contributed by atoms with Gasteiger partial charge >= 0.3 is 0 Å². The molecule has 20 heavy (non-hydrogen) atoms. The van der Waals surface area contributed by atoms with Crippen molar-refractivity contribution >= 4 is 26.7 Å². The zero-order valence-corrected chi connectivity index (χ0v) is 13.2. The van der Waals surface area contributed by atoms with E-state index in [1.54, 1.807) is 0 Å². The van der Waals surface area contributed by atoms with Gasteiger partial charge in [-0.05, 0) is 31.7 Å². The molecule has 0 saturated carbocycles. The third-order valence-electron chi connectivity index (χ3n) is 3.45. The van der Waals surface area contributed by atoms with Crippen LogP contribution in [0.25, 0.3) is 10.9 Å². The second-order valence-corrected chi connectivity index (χ2v) is 6.88. The average molecular weight is 295 g/mol. The van der Waals surface area contributed by atoms with Crippen LogP contribution in [0.4, 0.5) is 5.82 Å². The van der Waals surface area contributed by atoms with Gasteiger partial charge in [-0.3, -0.25) is 0 Å². The lowest BCUT2D eigenvalue weighted by Crippen LogP contribution is -2.20. The third-order valence-corrected chi connectivity index (χ3v) is 4.76. The summed E-state index contributed by atoms with van der Waals surface area (Å²) in [5, 5.41) is 0.997. The molecule has 1 N–H and O–H groups in total. The number of hydrogen-bond acceptors (Lipinski definition) is 3. The molecule has 0 aliphatic heterocycles. The molecule has 0 bridgehead atoms. The van der Waals surface area contributed by atoms with E-state index in [0.29, 0.717) is 0 Å². The standard InChI is InChI=1S/C14H21N3O2S/c1-5-17-13-8-6-7-11(10-20(18,19)15-2)12(13)9-14(17)16(3)4/h6-9,15H,5,10H2,1-4H3. The highest BCUT2D eigenvalue weighted by molar-refractivity contribution is 7.88. The highest BCUT2D eigenvalue weighted by atomic mass is 32.2. The summed E-state index contributed by atoms with van der Waals surface area (Å²) in [4.78, 5) is 2.04. The van der Waals surface area contributed by atoms with Gasteiger partial charge in [-0.1, -0.05) is 12.1 Å². The van der Waals surface area contributed by atoms with Crippen LogP contribution in [0.3, 0.4) is 0 Å². The molecule has 0 saturated heterocycles. The van der Waals surface area contributed by atoms with Crippen LogP contribution in [-0.2, 0) is 22.3 Å². The van der Waals surface area contributed by atoms with E-state index in [1.165, 1.54) is 7.05 Å². The van der Waals surface area contributed by atoms with Crippen LogP contribution >= 0.6 is 0 Å². The van der Waals surface area contributed by atoms with Gasteiger partial charge < -0.3 is 9.47 Å². The van der Waals surface area contributed by atoms with Gasteiger partial charge in [-0.25, -0.2) is 13.1 Å². The fourth-order valence-corrected chi connectivity index (χ4v) is 3.24. The Balaban J connectivity index is 2.64. The number of rotatable bonds is 5. The Morgan fingerprint density at radius 1 is 1.30 bits per heavy atom. The molecule has 0 aliphatic carbocycles. The van der Waals surface area contributed by atoms with Gasteiger partial charge in [0.05, 0.1) is 5.75 Å². The van der Waals surface area contributed by atoms with Crippen molar-refractivity contribution in [1.82, 2.24) is 9.29 Å². The molecule has 110 valence electrons. The van der Waals surface area contributed by atoms with Crippen LogP contribution in [-0.4, -0.2) is 34.1 Å². The van der Waals surface area contributed by atoms with Gasteiger partial charge in [-0.15, -0.1) is 0 Å². The summed E-state index contributed by atoms with van der Waals surface area (Å²) in [6, 6.07) is 7.87. The van der Waals surface area contributed by atoms with E-state index in [-0.39, 0.29) is 5.75 Å². The lowest BCUT2D eigenvalue weighted by atomic mass is 10.1. The number of sulfonamides is 1. The number of nitrogens with one attached hydrogen (secondary N) is 1. The van der Waals surface area contributed by atoms with Crippen molar-refractivity contribution in [3.05, 3.63) is 29.8 Å². The molecular formula is C14H21N3O2S. The minimum absolute atomic E-state index is 0.00142. The molecule has 0 radical (unpaired) electrons. The van der Waals surface area contributed by atoms with Crippen LogP contribution < -0.4 is 9.62 Å². The molecule has 0 unspecified atom stereocenters. The van der Waals surface area contributed by atoms with E-state index >= 15 is 0 Å². The maximum Gasteiger partial charge on any atom is 0.215 e. The second kappa shape index (κ2) is 5.46. The lowest BCUT2D eigenvalue weighted by molar-refractivity contribution is 0.587. The van der Waals surface area contributed by atoms with Gasteiger partial charge in [0, 0.05) is 31.5 Å². The van der Waals surface area contributed by atoms with Crippen LogP contribution in [0, 0.1) is 0 Å². The molecule has 5 nitrogen and oxygen atoms in total. The predicted octanol–water partition coefficient (Wildman–Crippen LogP) is 1.78. The Labute approximate surface area is 120 Å². The Bertz CT molecular complexity index is 717. The van der Waals surface area contributed by atoms with Crippen molar-refractivity contribution < 1.29 is 8.42 Å². The first-order chi connectivity index (χ1) is 9.39. The number of nitrogens with zero attached hydrogens (tertiary/aromatic N) is 2. The summed E-state index contributed by atoms with van der Waals surface area (Å²) < 4.78 is 28.1. The van der Waals surface area contributed by atoms with Crippen LogP contribution in [0.15, 0.2) is 24.3 Å². The van der Waals surface area contributed by atoms with Gasteiger partial charge in [0.15, 0.2) is 0 Å². The molecule has 0 atom stereocenters. The molecule has 1 aromatic heterocycles. The number of aromatic nitrogens is 1. The topological polar surface area (TPSA) is 54.3 Å². The molecule has 2 rings (SSSR count).